The minimum absolute atomic E-state index is 0. The first kappa shape index (κ1) is 24.1. The third kappa shape index (κ3) is 7.52. The van der Waals surface area contributed by atoms with Crippen LogP contribution in [-0.4, -0.2) is 48.5 Å². The average Bonchev–Trinajstić information content (AvgIpc) is 2.70. The highest BCUT2D eigenvalue weighted by atomic mass is 35.5. The molecule has 158 valence electrons. The van der Waals surface area contributed by atoms with Gasteiger partial charge in [-0.15, -0.1) is 12.4 Å². The fourth-order valence-corrected chi connectivity index (χ4v) is 2.35. The molecule has 0 unspecified atom stereocenters. The van der Waals surface area contributed by atoms with E-state index < -0.39 is 18.0 Å². The number of methoxy groups -OCH3 is 1. The van der Waals surface area contributed by atoms with Gasteiger partial charge in [0.15, 0.2) is 11.5 Å². The third-order valence-electron chi connectivity index (χ3n) is 3.89. The molecule has 0 aliphatic carbocycles. The fraction of sp³-hybridized carbons (Fsp3) is 0.300. The monoisotopic (exact) mass is 425 g/mol. The first-order valence-electron chi connectivity index (χ1n) is 8.65. The summed E-state index contributed by atoms with van der Waals surface area (Å²) in [6.45, 7) is 0.155. The van der Waals surface area contributed by atoms with Crippen molar-refractivity contribution in [2.45, 2.75) is 18.9 Å². The number of phenols is 2. The van der Waals surface area contributed by atoms with Gasteiger partial charge in [-0.1, -0.05) is 6.07 Å². The molecule has 0 aromatic heterocycles. The Morgan fingerprint density at radius 2 is 1.66 bits per heavy atom. The number of nitrogens with two attached hydrogens (primary N) is 1. The molecule has 0 amide bonds. The van der Waals surface area contributed by atoms with Crippen molar-refractivity contribution in [2.75, 3.05) is 20.3 Å². The van der Waals surface area contributed by atoms with Gasteiger partial charge in [0, 0.05) is 6.42 Å². The number of halogens is 1. The lowest BCUT2D eigenvalue weighted by molar-refractivity contribution is -0.145. The van der Waals surface area contributed by atoms with Crippen LogP contribution in [0, 0.1) is 0 Å². The highest BCUT2D eigenvalue weighted by molar-refractivity contribution is 5.89. The molecule has 0 bridgehead atoms. The molecule has 2 aromatic rings. The van der Waals surface area contributed by atoms with Crippen molar-refractivity contribution in [3.8, 4) is 17.2 Å². The van der Waals surface area contributed by atoms with Crippen molar-refractivity contribution in [3.63, 3.8) is 0 Å². The zero-order chi connectivity index (χ0) is 20.5. The number of hydrogen-bond donors (Lipinski definition) is 3. The molecule has 2 rings (SSSR count). The van der Waals surface area contributed by atoms with E-state index in [0.717, 1.165) is 0 Å². The van der Waals surface area contributed by atoms with Gasteiger partial charge in [0.1, 0.15) is 11.8 Å². The number of carbonyl (C=O) groups is 2. The molecule has 1 atom stereocenters. The van der Waals surface area contributed by atoms with Crippen LogP contribution in [0.3, 0.4) is 0 Å². The molecule has 9 heteroatoms. The lowest BCUT2D eigenvalue weighted by Crippen LogP contribution is -2.34. The summed E-state index contributed by atoms with van der Waals surface area (Å²) in [5, 5.41) is 18.7. The van der Waals surface area contributed by atoms with Crippen molar-refractivity contribution in [1.82, 2.24) is 0 Å². The zero-order valence-corrected chi connectivity index (χ0v) is 16.7. The molecule has 0 spiro atoms. The maximum absolute atomic E-state index is 11.9. The lowest BCUT2D eigenvalue weighted by atomic mass is 10.1. The summed E-state index contributed by atoms with van der Waals surface area (Å²) in [4.78, 5) is 23.8. The molecule has 0 saturated heterocycles. The molecule has 0 fully saturated rings. The minimum Gasteiger partial charge on any atom is -0.504 e. The first-order chi connectivity index (χ1) is 13.4. The van der Waals surface area contributed by atoms with Gasteiger partial charge in [-0.2, -0.15) is 0 Å². The predicted molar refractivity (Wildman–Crippen MR) is 108 cm³/mol. The quantitative estimate of drug-likeness (QED) is 0.317. The van der Waals surface area contributed by atoms with Crippen molar-refractivity contribution >= 4 is 24.3 Å². The second-order valence-corrected chi connectivity index (χ2v) is 6.02. The third-order valence-corrected chi connectivity index (χ3v) is 3.89. The van der Waals surface area contributed by atoms with Gasteiger partial charge in [-0.05, 0) is 48.4 Å². The van der Waals surface area contributed by atoms with Crippen LogP contribution in [0.2, 0.25) is 0 Å². The van der Waals surface area contributed by atoms with E-state index in [1.54, 1.807) is 30.3 Å². The molecule has 0 aliphatic rings. The van der Waals surface area contributed by atoms with Crippen LogP contribution in [0.15, 0.2) is 42.5 Å². The van der Waals surface area contributed by atoms with Crippen LogP contribution in [0.25, 0.3) is 0 Å². The van der Waals surface area contributed by atoms with Crippen molar-refractivity contribution in [2.24, 2.45) is 5.73 Å². The summed E-state index contributed by atoms with van der Waals surface area (Å²) in [6, 6.07) is 9.82. The molecule has 0 heterocycles. The number of rotatable bonds is 9. The largest absolute Gasteiger partial charge is 0.504 e. The molecular weight excluding hydrogens is 402 g/mol. The number of esters is 2. The Kier molecular flexibility index (Phi) is 9.78. The molecule has 0 saturated carbocycles. The SMILES string of the molecule is COc1ccc(C(=O)OCCCOC(=O)[C@@H](N)Cc2ccc(O)c(O)c2)cc1.Cl. The molecule has 29 heavy (non-hydrogen) atoms. The maximum Gasteiger partial charge on any atom is 0.338 e. The van der Waals surface area contributed by atoms with Crippen LogP contribution < -0.4 is 10.5 Å². The van der Waals surface area contributed by atoms with Crippen LogP contribution in [0.4, 0.5) is 0 Å². The predicted octanol–water partition coefficient (Wildman–Crippen LogP) is 2.19. The Morgan fingerprint density at radius 3 is 2.28 bits per heavy atom. The molecule has 8 nitrogen and oxygen atoms in total. The summed E-state index contributed by atoms with van der Waals surface area (Å²) >= 11 is 0. The standard InChI is InChI=1S/C20H23NO7.ClH/c1-26-15-6-4-14(5-7-15)19(24)27-9-2-10-28-20(25)16(21)11-13-3-8-17(22)18(23)12-13;/h3-8,12,16,22-23H,2,9-11,21H2,1H3;1H/t16-;/m0./s1. The van der Waals surface area contributed by atoms with E-state index in [0.29, 0.717) is 23.3 Å². The Hall–Kier alpha value is -2.97. The Bertz CT molecular complexity index is 811. The average molecular weight is 426 g/mol. The highest BCUT2D eigenvalue weighted by Crippen LogP contribution is 2.25. The second kappa shape index (κ2) is 11.8. The van der Waals surface area contributed by atoms with E-state index in [4.69, 9.17) is 19.9 Å². The fourth-order valence-electron chi connectivity index (χ4n) is 2.35. The molecular formula is C20H24ClNO7. The second-order valence-electron chi connectivity index (χ2n) is 6.02. The molecule has 4 N–H and O–H groups in total. The molecule has 2 aromatic carbocycles. The summed E-state index contributed by atoms with van der Waals surface area (Å²) in [7, 11) is 1.54. The number of phenolic OH excluding ortho intramolecular Hbond substituents is 2. The number of hydrogen-bond acceptors (Lipinski definition) is 8. The highest BCUT2D eigenvalue weighted by Gasteiger charge is 2.16. The lowest BCUT2D eigenvalue weighted by Gasteiger charge is -2.12. The van der Waals surface area contributed by atoms with Crippen molar-refractivity contribution in [1.29, 1.82) is 0 Å². The van der Waals surface area contributed by atoms with E-state index in [9.17, 15) is 19.8 Å². The van der Waals surface area contributed by atoms with Crippen molar-refractivity contribution in [3.05, 3.63) is 53.6 Å². The van der Waals surface area contributed by atoms with E-state index in [1.807, 2.05) is 0 Å². The Labute approximate surface area is 174 Å². The Morgan fingerprint density at radius 1 is 1.00 bits per heavy atom. The smallest absolute Gasteiger partial charge is 0.338 e. The summed E-state index contributed by atoms with van der Waals surface area (Å²) in [5.41, 5.74) is 6.78. The summed E-state index contributed by atoms with van der Waals surface area (Å²) in [6.07, 6.45) is 0.486. The van der Waals surface area contributed by atoms with E-state index >= 15 is 0 Å². The zero-order valence-electron chi connectivity index (χ0n) is 15.9. The van der Waals surface area contributed by atoms with Gasteiger partial charge in [0.05, 0.1) is 25.9 Å². The van der Waals surface area contributed by atoms with Gasteiger partial charge in [0.25, 0.3) is 0 Å². The summed E-state index contributed by atoms with van der Waals surface area (Å²) < 4.78 is 15.2. The van der Waals surface area contributed by atoms with Gasteiger partial charge in [-0.3, -0.25) is 4.79 Å². The van der Waals surface area contributed by atoms with E-state index in [1.165, 1.54) is 19.2 Å². The number of benzene rings is 2. The van der Waals surface area contributed by atoms with E-state index in [-0.39, 0.29) is 43.5 Å². The van der Waals surface area contributed by atoms with Gasteiger partial charge in [-0.25, -0.2) is 4.79 Å². The number of aromatic hydroxyl groups is 2. The van der Waals surface area contributed by atoms with Crippen LogP contribution in [-0.2, 0) is 20.7 Å². The van der Waals surface area contributed by atoms with Crippen LogP contribution in [0.1, 0.15) is 22.3 Å². The van der Waals surface area contributed by atoms with Gasteiger partial charge < -0.3 is 30.2 Å². The Balaban J connectivity index is 0.00000420. The van der Waals surface area contributed by atoms with Crippen molar-refractivity contribution < 1.29 is 34.0 Å². The van der Waals surface area contributed by atoms with Gasteiger partial charge in [0.2, 0.25) is 0 Å². The normalized spacial score (nSPS) is 11.1. The molecule has 0 radical (unpaired) electrons. The number of ether oxygens (including phenoxy) is 3. The summed E-state index contributed by atoms with van der Waals surface area (Å²) in [5.74, 6) is -0.963. The van der Waals surface area contributed by atoms with Crippen LogP contribution in [0.5, 0.6) is 17.2 Å². The number of carbonyl (C=O) groups excluding carboxylic acids is 2. The first-order valence-corrected chi connectivity index (χ1v) is 8.65. The topological polar surface area (TPSA) is 128 Å². The van der Waals surface area contributed by atoms with Gasteiger partial charge >= 0.3 is 11.9 Å². The van der Waals surface area contributed by atoms with E-state index in [2.05, 4.69) is 0 Å². The maximum atomic E-state index is 11.9. The minimum atomic E-state index is -0.911. The van der Waals surface area contributed by atoms with Crippen LogP contribution >= 0.6 is 12.4 Å². The molecule has 0 aliphatic heterocycles.